The summed E-state index contributed by atoms with van der Waals surface area (Å²) in [6, 6.07) is 19.7. The van der Waals surface area contributed by atoms with Gasteiger partial charge >= 0.3 is 0 Å². The number of likely N-dealkylation sites (tertiary alicyclic amines) is 1. The number of carbonyl (C=O) groups is 2. The highest BCUT2D eigenvalue weighted by Crippen LogP contribution is 2.68. The van der Waals surface area contributed by atoms with Gasteiger partial charge in [-0.2, -0.15) is 0 Å². The molecule has 1 aliphatic carbocycles. The minimum Gasteiger partial charge on any atom is -0.497 e. The van der Waals surface area contributed by atoms with Gasteiger partial charge in [-0.3, -0.25) is 9.59 Å². The van der Waals surface area contributed by atoms with Crippen molar-refractivity contribution < 1.29 is 38.7 Å². The molecule has 1 saturated carbocycles. The Bertz CT molecular complexity index is 1600. The molecule has 2 bridgehead atoms. The topological polar surface area (TPSA) is 127 Å². The Balaban J connectivity index is 1.60. The first-order valence-electron chi connectivity index (χ1n) is 15.8. The van der Waals surface area contributed by atoms with E-state index in [1.807, 2.05) is 44.2 Å². The number of nitrogens with zero attached hydrogens (tertiary/aromatic N) is 1. The van der Waals surface area contributed by atoms with Crippen LogP contribution in [0.25, 0.3) is 0 Å². The van der Waals surface area contributed by atoms with Crippen LogP contribution in [0.15, 0.2) is 66.7 Å². The molecule has 2 aliphatic heterocycles. The Morgan fingerprint density at radius 1 is 1.02 bits per heavy atom. The van der Waals surface area contributed by atoms with E-state index in [-0.39, 0.29) is 28.9 Å². The Morgan fingerprint density at radius 2 is 1.72 bits per heavy atom. The molecule has 1 saturated heterocycles. The van der Waals surface area contributed by atoms with Crippen molar-refractivity contribution in [3.05, 3.63) is 83.4 Å². The van der Waals surface area contributed by atoms with Crippen molar-refractivity contribution in [1.29, 1.82) is 0 Å². The average Bonchev–Trinajstić information content (AvgIpc) is 3.59. The molecule has 7 atom stereocenters. The Kier molecular flexibility index (Phi) is 8.37. The summed E-state index contributed by atoms with van der Waals surface area (Å²) in [5.74, 6) is -1.38. The number of rotatable bonds is 9. The highest BCUT2D eigenvalue weighted by Gasteiger charge is 2.76. The second-order valence-corrected chi connectivity index (χ2v) is 12.4. The maximum atomic E-state index is 15.1. The van der Waals surface area contributed by atoms with Gasteiger partial charge in [0.25, 0.3) is 0 Å². The summed E-state index contributed by atoms with van der Waals surface area (Å²) in [5.41, 5.74) is -2.37. The maximum absolute atomic E-state index is 15.1. The molecule has 0 radical (unpaired) electrons. The minimum absolute atomic E-state index is 0.132. The molecular weight excluding hydrogens is 588 g/mol. The van der Waals surface area contributed by atoms with E-state index in [9.17, 15) is 15.0 Å². The van der Waals surface area contributed by atoms with E-state index < -0.39 is 41.2 Å². The van der Waals surface area contributed by atoms with Crippen LogP contribution in [-0.4, -0.2) is 67.1 Å². The van der Waals surface area contributed by atoms with Gasteiger partial charge in [0.1, 0.15) is 40.9 Å². The van der Waals surface area contributed by atoms with Crippen molar-refractivity contribution in [1.82, 2.24) is 10.2 Å². The number of ether oxygens (including phenoxy) is 4. The molecular formula is C36H42N2O8. The van der Waals surface area contributed by atoms with Gasteiger partial charge in [-0.25, -0.2) is 0 Å². The fourth-order valence-electron chi connectivity index (χ4n) is 7.61. The summed E-state index contributed by atoms with van der Waals surface area (Å²) in [7, 11) is 4.54. The van der Waals surface area contributed by atoms with Gasteiger partial charge in [0.15, 0.2) is 5.60 Å². The molecule has 0 aromatic heterocycles. The van der Waals surface area contributed by atoms with Crippen LogP contribution in [0.2, 0.25) is 0 Å². The smallest absolute Gasteiger partial charge is 0.231 e. The number of carbonyl (C=O) groups excluding carboxylic acids is 2. The highest BCUT2D eigenvalue weighted by atomic mass is 16.5. The lowest BCUT2D eigenvalue weighted by Gasteiger charge is -2.45. The van der Waals surface area contributed by atoms with Gasteiger partial charge in [0, 0.05) is 30.5 Å². The molecule has 3 aromatic carbocycles. The van der Waals surface area contributed by atoms with Crippen molar-refractivity contribution in [3.8, 4) is 23.0 Å². The highest BCUT2D eigenvalue weighted by molar-refractivity contribution is 5.86. The normalized spacial score (nSPS) is 28.5. The number of benzene rings is 3. The van der Waals surface area contributed by atoms with Gasteiger partial charge in [-0.05, 0) is 42.5 Å². The molecule has 0 spiro atoms. The number of nitrogens with one attached hydrogen (secondary N) is 1. The summed E-state index contributed by atoms with van der Waals surface area (Å²) in [5, 5.41) is 28.8. The first kappa shape index (κ1) is 31.7. The summed E-state index contributed by atoms with van der Waals surface area (Å²) < 4.78 is 23.7. The van der Waals surface area contributed by atoms with Crippen molar-refractivity contribution in [2.45, 2.75) is 62.5 Å². The monoisotopic (exact) mass is 630 g/mol. The van der Waals surface area contributed by atoms with Crippen LogP contribution in [0.4, 0.5) is 0 Å². The Hall–Kier alpha value is -4.28. The van der Waals surface area contributed by atoms with Gasteiger partial charge in [0.05, 0.1) is 32.8 Å². The molecule has 2 fully saturated rings. The number of hydrogen-bond acceptors (Lipinski definition) is 8. The van der Waals surface area contributed by atoms with Crippen LogP contribution in [0.5, 0.6) is 23.0 Å². The molecule has 244 valence electrons. The largest absolute Gasteiger partial charge is 0.497 e. The summed E-state index contributed by atoms with van der Waals surface area (Å²) in [6.07, 6.45) is -0.244. The zero-order valence-corrected chi connectivity index (χ0v) is 26.9. The molecule has 2 amide bonds. The molecule has 3 aliphatic rings. The van der Waals surface area contributed by atoms with Gasteiger partial charge in [-0.15, -0.1) is 0 Å². The third-order valence-corrected chi connectivity index (χ3v) is 10.1. The SMILES string of the molecule is CC[C@H](C)C(=O)N[C@@H]1CCCN1C(=O)[C@H]1[C@H](c2ccccc2)[C@@]2(c3ccc(OC)cc3)Oc3cc(OC)cc(OC)c3[C@@]1(O)[C@H]2O. The second kappa shape index (κ2) is 12.1. The zero-order valence-electron chi connectivity index (χ0n) is 26.9. The lowest BCUT2D eigenvalue weighted by molar-refractivity contribution is -0.167. The van der Waals surface area contributed by atoms with E-state index in [0.29, 0.717) is 48.4 Å². The maximum Gasteiger partial charge on any atom is 0.231 e. The first-order chi connectivity index (χ1) is 22.1. The fraction of sp³-hybridized carbons (Fsp3) is 0.444. The standard InChI is InChI=1S/C36H42N2O8/c1-6-21(2)32(39)37-28-13-10-18-38(28)33(40)31-29(22-11-8-7-9-12-22)36(23-14-16-24(43-3)17-15-23)34(41)35(31,42)30-26(45-5)19-25(44-4)20-27(30)46-36/h7-9,11-12,14-17,19-21,28-29,31,34,41-42H,6,10,13,18H2,1-5H3,(H,37,39)/t21-,28-,29-,31+,34+,35-,36+/m0/s1. The molecule has 0 unspecified atom stereocenters. The van der Waals surface area contributed by atoms with Crippen molar-refractivity contribution in [2.75, 3.05) is 27.9 Å². The molecule has 46 heavy (non-hydrogen) atoms. The van der Waals surface area contributed by atoms with E-state index in [1.54, 1.807) is 48.4 Å². The minimum atomic E-state index is -2.17. The van der Waals surface area contributed by atoms with Crippen LogP contribution < -0.4 is 24.3 Å². The predicted molar refractivity (Wildman–Crippen MR) is 170 cm³/mol. The molecule has 3 aromatic rings. The van der Waals surface area contributed by atoms with Crippen LogP contribution in [0.1, 0.15) is 55.7 Å². The molecule has 6 rings (SSSR count). The van der Waals surface area contributed by atoms with E-state index in [1.165, 1.54) is 14.2 Å². The summed E-state index contributed by atoms with van der Waals surface area (Å²) >= 11 is 0. The van der Waals surface area contributed by atoms with Crippen LogP contribution >= 0.6 is 0 Å². The van der Waals surface area contributed by atoms with Gasteiger partial charge in [-0.1, -0.05) is 56.3 Å². The first-order valence-corrected chi connectivity index (χ1v) is 15.8. The molecule has 3 N–H and O–H groups in total. The quantitative estimate of drug-likeness (QED) is 0.323. The fourth-order valence-corrected chi connectivity index (χ4v) is 7.61. The van der Waals surface area contributed by atoms with Crippen molar-refractivity contribution >= 4 is 11.8 Å². The van der Waals surface area contributed by atoms with Crippen LogP contribution in [-0.2, 0) is 20.8 Å². The number of amides is 2. The number of aliphatic hydroxyl groups excluding tert-OH is 1. The number of aliphatic hydroxyl groups is 2. The van der Waals surface area contributed by atoms with E-state index in [2.05, 4.69) is 5.32 Å². The Labute approximate surface area is 269 Å². The lowest BCUT2D eigenvalue weighted by Crippen LogP contribution is -2.56. The van der Waals surface area contributed by atoms with Gasteiger partial charge in [0.2, 0.25) is 11.8 Å². The molecule has 10 nitrogen and oxygen atoms in total. The predicted octanol–water partition coefficient (Wildman–Crippen LogP) is 4.07. The van der Waals surface area contributed by atoms with E-state index in [4.69, 9.17) is 18.9 Å². The van der Waals surface area contributed by atoms with Crippen molar-refractivity contribution in [2.24, 2.45) is 11.8 Å². The van der Waals surface area contributed by atoms with Crippen LogP contribution in [0.3, 0.4) is 0 Å². The van der Waals surface area contributed by atoms with Crippen molar-refractivity contribution in [3.63, 3.8) is 0 Å². The number of fused-ring (bicyclic) bond motifs is 4. The van der Waals surface area contributed by atoms with E-state index >= 15 is 4.79 Å². The number of methoxy groups -OCH3 is 3. The summed E-state index contributed by atoms with van der Waals surface area (Å²) in [4.78, 5) is 29.8. The van der Waals surface area contributed by atoms with Crippen LogP contribution in [0, 0.1) is 11.8 Å². The second-order valence-electron chi connectivity index (χ2n) is 12.4. The number of hydrogen-bond donors (Lipinski definition) is 3. The summed E-state index contributed by atoms with van der Waals surface area (Å²) in [6.45, 7) is 4.19. The van der Waals surface area contributed by atoms with E-state index in [0.717, 1.165) is 0 Å². The third-order valence-electron chi connectivity index (χ3n) is 10.1. The zero-order chi connectivity index (χ0) is 32.8. The molecule has 10 heteroatoms. The van der Waals surface area contributed by atoms with Gasteiger partial charge < -0.3 is 39.4 Å². The molecule has 2 heterocycles. The lowest BCUT2D eigenvalue weighted by atomic mass is 9.75. The average molecular weight is 631 g/mol. The third kappa shape index (κ3) is 4.69. The Morgan fingerprint density at radius 3 is 2.35 bits per heavy atom.